The van der Waals surface area contributed by atoms with Crippen molar-refractivity contribution in [3.63, 3.8) is 0 Å². The van der Waals surface area contributed by atoms with Crippen LogP contribution in [-0.4, -0.2) is 16.4 Å². The van der Waals surface area contributed by atoms with E-state index < -0.39 is 0 Å². The molecule has 0 unspecified atom stereocenters. The molecular weight excluding hydrogens is 140 g/mol. The van der Waals surface area contributed by atoms with Crippen LogP contribution in [0.1, 0.15) is 20.8 Å². The van der Waals surface area contributed by atoms with Crippen LogP contribution in [-0.2, 0) is 0 Å². The maximum atomic E-state index is 5.49. The molecule has 0 heterocycles. The fourth-order valence-corrected chi connectivity index (χ4v) is 1.27. The van der Waals surface area contributed by atoms with E-state index in [1.165, 1.54) is 0 Å². The summed E-state index contributed by atoms with van der Waals surface area (Å²) < 4.78 is 0.384. The molecule has 0 aromatic carbocycles. The van der Waals surface area contributed by atoms with Crippen molar-refractivity contribution < 1.29 is 0 Å². The summed E-state index contributed by atoms with van der Waals surface area (Å²) in [7, 11) is 0. The third kappa shape index (κ3) is 6.64. The third-order valence-corrected chi connectivity index (χ3v) is 2.30. The standard InChI is InChI=1S/C6H13ClS/c1-6(2,3)8-5-4-7/h4-5H2,1-3H3. The molecule has 0 aromatic heterocycles. The Morgan fingerprint density at radius 1 is 1.38 bits per heavy atom. The van der Waals surface area contributed by atoms with Crippen LogP contribution in [0.2, 0.25) is 0 Å². The summed E-state index contributed by atoms with van der Waals surface area (Å²) in [5.41, 5.74) is 0. The summed E-state index contributed by atoms with van der Waals surface area (Å²) in [5, 5.41) is 0. The molecule has 0 saturated carbocycles. The lowest BCUT2D eigenvalue weighted by Crippen LogP contribution is -2.08. The predicted octanol–water partition coefficient (Wildman–Crippen LogP) is 2.76. The molecule has 0 fully saturated rings. The molecule has 0 spiro atoms. The molecule has 0 amide bonds. The van der Waals surface area contributed by atoms with Crippen LogP contribution >= 0.6 is 23.4 Å². The van der Waals surface area contributed by atoms with E-state index in [0.29, 0.717) is 4.75 Å². The molecule has 0 aliphatic heterocycles. The molecule has 50 valence electrons. The van der Waals surface area contributed by atoms with Crippen LogP contribution < -0.4 is 0 Å². The Hall–Kier alpha value is 0.640. The third-order valence-electron chi connectivity index (χ3n) is 0.612. The van der Waals surface area contributed by atoms with Gasteiger partial charge in [-0.2, -0.15) is 11.8 Å². The van der Waals surface area contributed by atoms with Crippen molar-refractivity contribution in [1.29, 1.82) is 0 Å². The molecule has 0 rings (SSSR count). The second kappa shape index (κ2) is 3.62. The zero-order valence-electron chi connectivity index (χ0n) is 5.70. The Morgan fingerprint density at radius 3 is 2.00 bits per heavy atom. The lowest BCUT2D eigenvalue weighted by atomic mass is 10.3. The van der Waals surface area contributed by atoms with Gasteiger partial charge in [0.1, 0.15) is 0 Å². The van der Waals surface area contributed by atoms with Gasteiger partial charge in [-0.1, -0.05) is 20.8 Å². The van der Waals surface area contributed by atoms with Gasteiger partial charge in [0.2, 0.25) is 0 Å². The van der Waals surface area contributed by atoms with E-state index in [1.807, 2.05) is 11.8 Å². The normalized spacial score (nSPS) is 12.0. The molecule has 0 nitrogen and oxygen atoms in total. The Bertz CT molecular complexity index is 56.0. The Kier molecular flexibility index (Phi) is 3.91. The van der Waals surface area contributed by atoms with Crippen molar-refractivity contribution in [3.8, 4) is 0 Å². The molecule has 2 heteroatoms. The molecular formula is C6H13ClS. The second-order valence-corrected chi connectivity index (χ2v) is 4.95. The van der Waals surface area contributed by atoms with Crippen LogP contribution in [0.15, 0.2) is 0 Å². The van der Waals surface area contributed by atoms with Crippen molar-refractivity contribution in [2.45, 2.75) is 25.5 Å². The first-order chi connectivity index (χ1) is 3.56. The first-order valence-electron chi connectivity index (χ1n) is 2.76. The lowest BCUT2D eigenvalue weighted by Gasteiger charge is -2.15. The highest BCUT2D eigenvalue weighted by molar-refractivity contribution is 8.00. The van der Waals surface area contributed by atoms with E-state index >= 15 is 0 Å². The topological polar surface area (TPSA) is 0 Å². The highest BCUT2D eigenvalue weighted by Crippen LogP contribution is 2.22. The monoisotopic (exact) mass is 152 g/mol. The number of rotatable bonds is 2. The molecule has 0 aromatic rings. The summed E-state index contributed by atoms with van der Waals surface area (Å²) in [6.45, 7) is 6.60. The van der Waals surface area contributed by atoms with E-state index in [-0.39, 0.29) is 0 Å². The predicted molar refractivity (Wildman–Crippen MR) is 42.9 cm³/mol. The van der Waals surface area contributed by atoms with Crippen LogP contribution in [0.4, 0.5) is 0 Å². The quantitative estimate of drug-likeness (QED) is 0.549. The van der Waals surface area contributed by atoms with E-state index in [1.54, 1.807) is 0 Å². The van der Waals surface area contributed by atoms with Crippen LogP contribution in [0.3, 0.4) is 0 Å². The van der Waals surface area contributed by atoms with Gasteiger partial charge in [0.25, 0.3) is 0 Å². The first kappa shape index (κ1) is 8.64. The average molecular weight is 153 g/mol. The fraction of sp³-hybridized carbons (Fsp3) is 1.00. The summed E-state index contributed by atoms with van der Waals surface area (Å²) in [6, 6.07) is 0. The van der Waals surface area contributed by atoms with Crippen LogP contribution in [0.5, 0.6) is 0 Å². The van der Waals surface area contributed by atoms with E-state index in [2.05, 4.69) is 20.8 Å². The molecule has 0 bridgehead atoms. The molecule has 0 saturated heterocycles. The molecule has 0 N–H and O–H groups in total. The Labute approximate surface area is 61.0 Å². The largest absolute Gasteiger partial charge is 0.155 e. The van der Waals surface area contributed by atoms with E-state index in [9.17, 15) is 0 Å². The van der Waals surface area contributed by atoms with Gasteiger partial charge >= 0.3 is 0 Å². The molecule has 0 radical (unpaired) electrons. The minimum absolute atomic E-state index is 0.384. The molecule has 0 atom stereocenters. The van der Waals surface area contributed by atoms with Gasteiger partial charge in [0.15, 0.2) is 0 Å². The van der Waals surface area contributed by atoms with Crippen LogP contribution in [0, 0.1) is 0 Å². The highest BCUT2D eigenvalue weighted by atomic mass is 35.5. The number of hydrogen-bond donors (Lipinski definition) is 0. The zero-order valence-corrected chi connectivity index (χ0v) is 7.27. The fourth-order valence-electron chi connectivity index (χ4n) is 0.345. The van der Waals surface area contributed by atoms with Gasteiger partial charge in [0.05, 0.1) is 0 Å². The molecule has 8 heavy (non-hydrogen) atoms. The first-order valence-corrected chi connectivity index (χ1v) is 4.28. The maximum absolute atomic E-state index is 5.49. The summed E-state index contributed by atoms with van der Waals surface area (Å²) >= 11 is 7.39. The molecule has 0 aliphatic rings. The second-order valence-electron chi connectivity index (χ2n) is 2.65. The number of alkyl halides is 1. The van der Waals surface area contributed by atoms with Crippen LogP contribution in [0.25, 0.3) is 0 Å². The lowest BCUT2D eigenvalue weighted by molar-refractivity contribution is 0.803. The van der Waals surface area contributed by atoms with E-state index in [4.69, 9.17) is 11.6 Å². The van der Waals surface area contributed by atoms with Gasteiger partial charge in [-0.05, 0) is 0 Å². The SMILES string of the molecule is CC(C)(C)SCCCl. The number of halogens is 1. The number of hydrogen-bond acceptors (Lipinski definition) is 1. The average Bonchev–Trinajstić information content (AvgIpc) is 1.59. The summed E-state index contributed by atoms with van der Waals surface area (Å²) in [5.74, 6) is 1.83. The smallest absolute Gasteiger partial charge is 0.0314 e. The van der Waals surface area contributed by atoms with Gasteiger partial charge in [0, 0.05) is 16.4 Å². The highest BCUT2D eigenvalue weighted by Gasteiger charge is 2.08. The van der Waals surface area contributed by atoms with Gasteiger partial charge in [-0.15, -0.1) is 11.6 Å². The zero-order chi connectivity index (χ0) is 6.62. The maximum Gasteiger partial charge on any atom is 0.0314 e. The van der Waals surface area contributed by atoms with Gasteiger partial charge in [-0.3, -0.25) is 0 Å². The number of thioether (sulfide) groups is 1. The summed E-state index contributed by atoms with van der Waals surface area (Å²) in [4.78, 5) is 0. The van der Waals surface area contributed by atoms with Crippen molar-refractivity contribution in [3.05, 3.63) is 0 Å². The van der Waals surface area contributed by atoms with Gasteiger partial charge in [-0.25, -0.2) is 0 Å². The Morgan fingerprint density at radius 2 is 1.88 bits per heavy atom. The van der Waals surface area contributed by atoms with Gasteiger partial charge < -0.3 is 0 Å². The minimum Gasteiger partial charge on any atom is -0.155 e. The van der Waals surface area contributed by atoms with E-state index in [0.717, 1.165) is 11.6 Å². The van der Waals surface area contributed by atoms with Crippen molar-refractivity contribution in [1.82, 2.24) is 0 Å². The van der Waals surface area contributed by atoms with Crippen molar-refractivity contribution in [2.24, 2.45) is 0 Å². The Balaban J connectivity index is 3.11. The summed E-state index contributed by atoms with van der Waals surface area (Å²) in [6.07, 6.45) is 0. The van der Waals surface area contributed by atoms with Crippen molar-refractivity contribution in [2.75, 3.05) is 11.6 Å². The molecule has 0 aliphatic carbocycles. The minimum atomic E-state index is 0.384. The van der Waals surface area contributed by atoms with Crippen molar-refractivity contribution >= 4 is 23.4 Å².